The zero-order valence-electron chi connectivity index (χ0n) is 7.50. The molecule has 1 N–H and O–H groups in total. The molecule has 1 atom stereocenters. The number of anilines is 1. The Kier molecular flexibility index (Phi) is 1.52. The normalized spacial score (nSPS) is 25.2. The van der Waals surface area contributed by atoms with Crippen LogP contribution in [0.5, 0.6) is 0 Å². The summed E-state index contributed by atoms with van der Waals surface area (Å²) in [5.74, 6) is 0.0955. The molecule has 2 rings (SSSR count). The zero-order valence-corrected chi connectivity index (χ0v) is 7.50. The first kappa shape index (κ1) is 8.05. The van der Waals surface area contributed by atoms with Gasteiger partial charge in [-0.15, -0.1) is 6.58 Å². The van der Waals surface area contributed by atoms with E-state index in [2.05, 4.69) is 11.9 Å². The van der Waals surface area contributed by atoms with E-state index in [0.717, 1.165) is 11.3 Å². The van der Waals surface area contributed by atoms with E-state index in [0.29, 0.717) is 0 Å². The number of ketones is 1. The maximum atomic E-state index is 11.8. The Morgan fingerprint density at radius 3 is 2.77 bits per heavy atom. The van der Waals surface area contributed by atoms with E-state index in [4.69, 9.17) is 0 Å². The van der Waals surface area contributed by atoms with Crippen molar-refractivity contribution in [2.75, 3.05) is 5.32 Å². The molecule has 66 valence electrons. The summed E-state index contributed by atoms with van der Waals surface area (Å²) >= 11 is 0. The van der Waals surface area contributed by atoms with E-state index in [1.807, 2.05) is 31.2 Å². The van der Waals surface area contributed by atoms with Crippen molar-refractivity contribution in [3.8, 4) is 0 Å². The molecule has 0 saturated heterocycles. The molecule has 0 spiro atoms. The van der Waals surface area contributed by atoms with E-state index in [1.165, 1.54) is 0 Å². The van der Waals surface area contributed by atoms with Crippen molar-refractivity contribution >= 4 is 11.5 Å². The zero-order chi connectivity index (χ0) is 9.47. The van der Waals surface area contributed by atoms with Crippen LogP contribution in [0.1, 0.15) is 17.3 Å². The van der Waals surface area contributed by atoms with Gasteiger partial charge in [0.15, 0.2) is 5.78 Å². The summed E-state index contributed by atoms with van der Waals surface area (Å²) in [7, 11) is 0. The van der Waals surface area contributed by atoms with Gasteiger partial charge >= 0.3 is 0 Å². The molecule has 0 saturated carbocycles. The second-order valence-electron chi connectivity index (χ2n) is 3.41. The highest BCUT2D eigenvalue weighted by Crippen LogP contribution is 2.32. The van der Waals surface area contributed by atoms with Crippen LogP contribution < -0.4 is 5.32 Å². The van der Waals surface area contributed by atoms with Gasteiger partial charge in [0.2, 0.25) is 0 Å². The summed E-state index contributed by atoms with van der Waals surface area (Å²) in [6.45, 7) is 5.50. The van der Waals surface area contributed by atoms with Crippen LogP contribution in [0.4, 0.5) is 5.69 Å². The molecule has 0 fully saturated rings. The van der Waals surface area contributed by atoms with Gasteiger partial charge in [-0.2, -0.15) is 0 Å². The van der Waals surface area contributed by atoms with E-state index in [1.54, 1.807) is 6.08 Å². The summed E-state index contributed by atoms with van der Waals surface area (Å²) in [5.41, 5.74) is 1.03. The molecule has 1 unspecified atom stereocenters. The topological polar surface area (TPSA) is 29.1 Å². The molecule has 1 aliphatic heterocycles. The minimum Gasteiger partial charge on any atom is -0.369 e. The lowest BCUT2D eigenvalue weighted by Gasteiger charge is -2.17. The quantitative estimate of drug-likeness (QED) is 0.660. The van der Waals surface area contributed by atoms with Gasteiger partial charge < -0.3 is 5.32 Å². The molecule has 1 aromatic rings. The number of rotatable bonds is 1. The molecule has 0 bridgehead atoms. The highest BCUT2D eigenvalue weighted by atomic mass is 16.1. The predicted molar refractivity (Wildman–Crippen MR) is 53.0 cm³/mol. The number of nitrogens with one attached hydrogen (secondary N) is 1. The van der Waals surface area contributed by atoms with Gasteiger partial charge in [0.05, 0.1) is 0 Å². The standard InChI is InChI=1S/C11H11NO/c1-3-11(2)10(13)8-6-4-5-7-9(8)12-11/h3-7,12H,1H2,2H3. The first-order chi connectivity index (χ1) is 6.17. The Morgan fingerprint density at radius 2 is 2.15 bits per heavy atom. The summed E-state index contributed by atoms with van der Waals surface area (Å²) in [5, 5.41) is 3.14. The Balaban J connectivity index is 2.55. The Bertz CT molecular complexity index is 383. The summed E-state index contributed by atoms with van der Waals surface area (Å²) in [6, 6.07) is 7.52. The van der Waals surface area contributed by atoms with Crippen LogP contribution in [0, 0.1) is 0 Å². The number of carbonyl (C=O) groups is 1. The first-order valence-corrected chi connectivity index (χ1v) is 4.23. The van der Waals surface area contributed by atoms with Crippen LogP contribution >= 0.6 is 0 Å². The molecular formula is C11H11NO. The molecule has 1 heterocycles. The fourth-order valence-corrected chi connectivity index (χ4v) is 1.55. The Morgan fingerprint density at radius 1 is 1.46 bits per heavy atom. The van der Waals surface area contributed by atoms with Crippen molar-refractivity contribution in [2.45, 2.75) is 12.5 Å². The Labute approximate surface area is 77.3 Å². The third-order valence-corrected chi connectivity index (χ3v) is 2.45. The highest BCUT2D eigenvalue weighted by molar-refractivity contribution is 6.14. The van der Waals surface area contributed by atoms with Crippen LogP contribution in [-0.2, 0) is 0 Å². The predicted octanol–water partition coefficient (Wildman–Crippen LogP) is 2.24. The Hall–Kier alpha value is -1.57. The van der Waals surface area contributed by atoms with Crippen molar-refractivity contribution in [3.63, 3.8) is 0 Å². The van der Waals surface area contributed by atoms with Crippen molar-refractivity contribution < 1.29 is 4.79 Å². The molecule has 13 heavy (non-hydrogen) atoms. The van der Waals surface area contributed by atoms with Gasteiger partial charge in [-0.1, -0.05) is 18.2 Å². The van der Waals surface area contributed by atoms with Crippen LogP contribution in [0.15, 0.2) is 36.9 Å². The van der Waals surface area contributed by atoms with E-state index < -0.39 is 5.54 Å². The maximum Gasteiger partial charge on any atom is 0.193 e. The number of para-hydroxylation sites is 1. The number of benzene rings is 1. The van der Waals surface area contributed by atoms with E-state index >= 15 is 0 Å². The van der Waals surface area contributed by atoms with Gasteiger partial charge in [-0.3, -0.25) is 4.79 Å². The van der Waals surface area contributed by atoms with Gasteiger partial charge in [0.1, 0.15) is 5.54 Å². The smallest absolute Gasteiger partial charge is 0.193 e. The van der Waals surface area contributed by atoms with Crippen LogP contribution in [-0.4, -0.2) is 11.3 Å². The van der Waals surface area contributed by atoms with Gasteiger partial charge in [-0.05, 0) is 19.1 Å². The summed E-state index contributed by atoms with van der Waals surface area (Å²) in [6.07, 6.45) is 1.65. The average Bonchev–Trinajstić information content (AvgIpc) is 2.41. The van der Waals surface area contributed by atoms with Crippen LogP contribution in [0.3, 0.4) is 0 Å². The minimum atomic E-state index is -0.621. The van der Waals surface area contributed by atoms with Crippen molar-refractivity contribution in [1.82, 2.24) is 0 Å². The van der Waals surface area contributed by atoms with Crippen molar-refractivity contribution in [3.05, 3.63) is 42.5 Å². The third kappa shape index (κ3) is 0.985. The van der Waals surface area contributed by atoms with Crippen LogP contribution in [0.2, 0.25) is 0 Å². The number of fused-ring (bicyclic) bond motifs is 1. The maximum absolute atomic E-state index is 11.8. The molecule has 0 amide bonds. The second kappa shape index (κ2) is 2.46. The molecule has 2 heteroatoms. The third-order valence-electron chi connectivity index (χ3n) is 2.45. The second-order valence-corrected chi connectivity index (χ2v) is 3.41. The van der Waals surface area contributed by atoms with Crippen molar-refractivity contribution in [1.29, 1.82) is 0 Å². The van der Waals surface area contributed by atoms with Gasteiger partial charge in [0.25, 0.3) is 0 Å². The van der Waals surface area contributed by atoms with Crippen molar-refractivity contribution in [2.24, 2.45) is 0 Å². The fourth-order valence-electron chi connectivity index (χ4n) is 1.55. The van der Waals surface area contributed by atoms with Gasteiger partial charge in [-0.25, -0.2) is 0 Å². The monoisotopic (exact) mass is 173 g/mol. The molecule has 0 radical (unpaired) electrons. The first-order valence-electron chi connectivity index (χ1n) is 4.23. The summed E-state index contributed by atoms with van der Waals surface area (Å²) in [4.78, 5) is 11.8. The number of carbonyl (C=O) groups excluding carboxylic acids is 1. The summed E-state index contributed by atoms with van der Waals surface area (Å²) < 4.78 is 0. The largest absolute Gasteiger partial charge is 0.369 e. The number of hydrogen-bond donors (Lipinski definition) is 1. The fraction of sp³-hybridized carbons (Fsp3) is 0.182. The molecule has 0 aliphatic carbocycles. The molecule has 1 aliphatic rings. The van der Waals surface area contributed by atoms with Crippen LogP contribution in [0.25, 0.3) is 0 Å². The lowest BCUT2D eigenvalue weighted by atomic mass is 9.96. The van der Waals surface area contributed by atoms with Gasteiger partial charge in [0, 0.05) is 11.3 Å². The molecule has 1 aromatic carbocycles. The molecular weight excluding hydrogens is 162 g/mol. The lowest BCUT2D eigenvalue weighted by Crippen LogP contribution is -2.35. The lowest BCUT2D eigenvalue weighted by molar-refractivity contribution is 0.0954. The number of Topliss-reactive ketones (excluding diaryl/α,β-unsaturated/α-hetero) is 1. The molecule has 2 nitrogen and oxygen atoms in total. The van der Waals surface area contributed by atoms with E-state index in [-0.39, 0.29) is 5.78 Å². The SMILES string of the molecule is C=CC1(C)Nc2ccccc2C1=O. The average molecular weight is 173 g/mol. The number of hydrogen-bond acceptors (Lipinski definition) is 2. The molecule has 0 aromatic heterocycles. The highest BCUT2D eigenvalue weighted by Gasteiger charge is 2.38. The minimum absolute atomic E-state index is 0.0955. The van der Waals surface area contributed by atoms with E-state index in [9.17, 15) is 4.79 Å².